The number of carbonyl (C=O) groups excluding carboxylic acids is 1. The molecule has 1 fully saturated rings. The summed E-state index contributed by atoms with van der Waals surface area (Å²) in [4.78, 5) is 11.9. The molecule has 1 aliphatic carbocycles. The number of carbonyl (C=O) groups is 1. The molecule has 0 spiro atoms. The molecule has 128 valence electrons. The second-order valence-corrected chi connectivity index (χ2v) is 6.19. The molecule has 1 saturated carbocycles. The quantitative estimate of drug-likeness (QED) is 0.558. The molecule has 1 heterocycles. The van der Waals surface area contributed by atoms with Crippen molar-refractivity contribution in [2.45, 2.75) is 44.7 Å². The van der Waals surface area contributed by atoms with Crippen molar-refractivity contribution in [2.24, 2.45) is 5.73 Å². The lowest BCUT2D eigenvalue weighted by Crippen LogP contribution is -2.24. The van der Waals surface area contributed by atoms with Crippen molar-refractivity contribution in [3.05, 3.63) is 35.4 Å². The van der Waals surface area contributed by atoms with Gasteiger partial charge in [0.2, 0.25) is 0 Å². The zero-order valence-electron chi connectivity index (χ0n) is 13.5. The van der Waals surface area contributed by atoms with Gasteiger partial charge in [-0.2, -0.15) is 5.10 Å². The summed E-state index contributed by atoms with van der Waals surface area (Å²) < 4.78 is 0. The smallest absolute Gasteiger partial charge is 0.256 e. The largest absolute Gasteiger partial charge is 0.508 e. The van der Waals surface area contributed by atoms with E-state index in [1.165, 1.54) is 19.3 Å². The van der Waals surface area contributed by atoms with E-state index in [4.69, 9.17) is 5.73 Å². The molecule has 0 aliphatic heterocycles. The van der Waals surface area contributed by atoms with E-state index in [1.54, 1.807) is 24.3 Å². The summed E-state index contributed by atoms with van der Waals surface area (Å²) in [6.45, 7) is 0.480. The number of aromatic amines is 1. The predicted molar refractivity (Wildman–Crippen MR) is 93.0 cm³/mol. The molecule has 1 aromatic carbocycles. The van der Waals surface area contributed by atoms with Crippen LogP contribution in [0.4, 0.5) is 11.6 Å². The van der Waals surface area contributed by atoms with Gasteiger partial charge in [0.1, 0.15) is 17.1 Å². The number of rotatable bonds is 6. The van der Waals surface area contributed by atoms with Gasteiger partial charge in [-0.15, -0.1) is 0 Å². The predicted octanol–water partition coefficient (Wildman–Crippen LogP) is 2.57. The van der Waals surface area contributed by atoms with Crippen LogP contribution in [0.2, 0.25) is 0 Å². The van der Waals surface area contributed by atoms with Crippen LogP contribution in [0.1, 0.15) is 48.0 Å². The SMILES string of the molecule is NC(=O)c1c(NCc2ccc(O)cc2)n[nH]c1NC1CCCCC1. The highest BCUT2D eigenvalue weighted by Crippen LogP contribution is 2.26. The lowest BCUT2D eigenvalue weighted by Gasteiger charge is -2.23. The molecule has 0 radical (unpaired) electrons. The first-order valence-electron chi connectivity index (χ1n) is 8.30. The highest BCUT2D eigenvalue weighted by molar-refractivity contribution is 6.02. The Balaban J connectivity index is 1.70. The van der Waals surface area contributed by atoms with Crippen molar-refractivity contribution in [1.82, 2.24) is 10.2 Å². The van der Waals surface area contributed by atoms with Crippen molar-refractivity contribution < 1.29 is 9.90 Å². The van der Waals surface area contributed by atoms with E-state index in [0.717, 1.165) is 18.4 Å². The van der Waals surface area contributed by atoms with Crippen LogP contribution >= 0.6 is 0 Å². The van der Waals surface area contributed by atoms with E-state index in [9.17, 15) is 9.90 Å². The van der Waals surface area contributed by atoms with E-state index in [-0.39, 0.29) is 5.75 Å². The zero-order chi connectivity index (χ0) is 16.9. The number of nitrogens with two attached hydrogens (primary N) is 1. The molecule has 0 unspecified atom stereocenters. The number of H-pyrrole nitrogens is 1. The van der Waals surface area contributed by atoms with E-state index in [2.05, 4.69) is 20.8 Å². The topological polar surface area (TPSA) is 116 Å². The highest BCUT2D eigenvalue weighted by Gasteiger charge is 2.21. The van der Waals surface area contributed by atoms with Crippen LogP contribution in [0, 0.1) is 0 Å². The summed E-state index contributed by atoms with van der Waals surface area (Å²) in [5.41, 5.74) is 6.87. The van der Waals surface area contributed by atoms with Crippen LogP contribution < -0.4 is 16.4 Å². The maximum Gasteiger partial charge on any atom is 0.256 e. The van der Waals surface area contributed by atoms with Gasteiger partial charge < -0.3 is 21.5 Å². The van der Waals surface area contributed by atoms with Crippen LogP contribution in [0.25, 0.3) is 0 Å². The Kier molecular flexibility index (Phi) is 4.88. The number of hydrogen-bond acceptors (Lipinski definition) is 5. The first kappa shape index (κ1) is 16.2. The molecule has 7 nitrogen and oxygen atoms in total. The summed E-state index contributed by atoms with van der Waals surface area (Å²) in [6.07, 6.45) is 5.84. The molecule has 3 rings (SSSR count). The van der Waals surface area contributed by atoms with Crippen molar-refractivity contribution in [2.75, 3.05) is 10.6 Å². The minimum absolute atomic E-state index is 0.218. The van der Waals surface area contributed by atoms with Gasteiger partial charge in [0, 0.05) is 12.6 Å². The van der Waals surface area contributed by atoms with Gasteiger partial charge in [-0.05, 0) is 30.5 Å². The van der Waals surface area contributed by atoms with E-state index in [1.807, 2.05) is 0 Å². The number of aromatic nitrogens is 2. The third-order valence-corrected chi connectivity index (χ3v) is 4.36. The summed E-state index contributed by atoms with van der Waals surface area (Å²) in [5.74, 6) is 0.724. The average molecular weight is 329 g/mol. The maximum absolute atomic E-state index is 11.9. The number of aromatic hydroxyl groups is 1. The van der Waals surface area contributed by atoms with Crippen LogP contribution in [0.3, 0.4) is 0 Å². The van der Waals surface area contributed by atoms with Gasteiger partial charge in [-0.3, -0.25) is 9.89 Å². The van der Waals surface area contributed by atoms with Crippen LogP contribution in [0.5, 0.6) is 5.75 Å². The zero-order valence-corrected chi connectivity index (χ0v) is 13.5. The number of hydrogen-bond donors (Lipinski definition) is 5. The first-order chi connectivity index (χ1) is 11.6. The minimum Gasteiger partial charge on any atom is -0.508 e. The van der Waals surface area contributed by atoms with Gasteiger partial charge in [-0.25, -0.2) is 0 Å². The summed E-state index contributed by atoms with van der Waals surface area (Å²) in [7, 11) is 0. The van der Waals surface area contributed by atoms with Crippen molar-refractivity contribution in [3.63, 3.8) is 0 Å². The first-order valence-corrected chi connectivity index (χ1v) is 8.30. The molecule has 1 aromatic heterocycles. The van der Waals surface area contributed by atoms with E-state index < -0.39 is 5.91 Å². The number of nitrogens with zero attached hydrogens (tertiary/aromatic N) is 1. The Bertz CT molecular complexity index is 690. The second-order valence-electron chi connectivity index (χ2n) is 6.19. The normalized spacial score (nSPS) is 15.2. The maximum atomic E-state index is 11.9. The number of phenolic OH excluding ortho intramolecular Hbond substituents is 1. The van der Waals surface area contributed by atoms with Crippen LogP contribution in [0.15, 0.2) is 24.3 Å². The minimum atomic E-state index is -0.518. The number of amides is 1. The molecule has 1 aliphatic rings. The summed E-state index contributed by atoms with van der Waals surface area (Å²) in [6, 6.07) is 7.20. The van der Waals surface area contributed by atoms with Gasteiger partial charge in [0.15, 0.2) is 5.82 Å². The monoisotopic (exact) mass is 329 g/mol. The van der Waals surface area contributed by atoms with E-state index >= 15 is 0 Å². The Labute approximate surface area is 140 Å². The average Bonchev–Trinajstić information content (AvgIpc) is 2.98. The second kappa shape index (κ2) is 7.25. The molecule has 1 amide bonds. The van der Waals surface area contributed by atoms with Gasteiger partial charge in [-0.1, -0.05) is 31.4 Å². The number of nitrogens with one attached hydrogen (secondary N) is 3. The number of anilines is 2. The molecule has 0 saturated heterocycles. The number of phenols is 1. The molecule has 7 heteroatoms. The molecular weight excluding hydrogens is 306 g/mol. The standard InChI is InChI=1S/C17H23N5O2/c18-15(24)14-16(19-10-11-6-8-13(23)9-7-11)21-22-17(14)20-12-4-2-1-3-5-12/h6-9,12,23H,1-5,10H2,(H2,18,24)(H3,19,20,21,22). The van der Waals surface area contributed by atoms with Gasteiger partial charge in [0.05, 0.1) is 0 Å². The number of primary amides is 1. The molecule has 0 atom stereocenters. The fraction of sp³-hybridized carbons (Fsp3) is 0.412. The van der Waals surface area contributed by atoms with Crippen molar-refractivity contribution in [3.8, 4) is 5.75 Å². The van der Waals surface area contributed by atoms with Gasteiger partial charge >= 0.3 is 0 Å². The Morgan fingerprint density at radius 1 is 1.25 bits per heavy atom. The third-order valence-electron chi connectivity index (χ3n) is 4.36. The lowest BCUT2D eigenvalue weighted by atomic mass is 9.95. The summed E-state index contributed by atoms with van der Waals surface area (Å²) >= 11 is 0. The molecule has 0 bridgehead atoms. The fourth-order valence-corrected chi connectivity index (χ4v) is 3.06. The Morgan fingerprint density at radius 2 is 1.96 bits per heavy atom. The Hall–Kier alpha value is -2.70. The van der Waals surface area contributed by atoms with E-state index in [0.29, 0.717) is 29.8 Å². The number of benzene rings is 1. The molecule has 24 heavy (non-hydrogen) atoms. The van der Waals surface area contributed by atoms with Gasteiger partial charge in [0.25, 0.3) is 5.91 Å². The van der Waals surface area contributed by atoms with Crippen LogP contribution in [-0.4, -0.2) is 27.3 Å². The molecule has 6 N–H and O–H groups in total. The molecular formula is C17H23N5O2. The third kappa shape index (κ3) is 3.79. The fourth-order valence-electron chi connectivity index (χ4n) is 3.06. The highest BCUT2D eigenvalue weighted by atomic mass is 16.3. The van der Waals surface area contributed by atoms with Crippen molar-refractivity contribution >= 4 is 17.5 Å². The summed E-state index contributed by atoms with van der Waals surface area (Å²) in [5, 5.41) is 22.9. The molecule has 2 aromatic rings. The van der Waals surface area contributed by atoms with Crippen LogP contribution in [-0.2, 0) is 6.54 Å². The lowest BCUT2D eigenvalue weighted by molar-refractivity contribution is 0.100. The van der Waals surface area contributed by atoms with Crippen molar-refractivity contribution in [1.29, 1.82) is 0 Å². The Morgan fingerprint density at radius 3 is 2.62 bits per heavy atom.